The van der Waals surface area contributed by atoms with E-state index in [-0.39, 0.29) is 0 Å². The Hall–Kier alpha value is -2.35. The highest BCUT2D eigenvalue weighted by atomic mass is 35.5. The minimum atomic E-state index is -0.756. The number of nitriles is 1. The predicted molar refractivity (Wildman–Crippen MR) is 86.5 cm³/mol. The van der Waals surface area contributed by atoms with Gasteiger partial charge in [0.1, 0.15) is 11.1 Å². The summed E-state index contributed by atoms with van der Waals surface area (Å²) in [6.45, 7) is 1.83. The van der Waals surface area contributed by atoms with E-state index in [1.807, 2.05) is 37.3 Å². The zero-order chi connectivity index (χ0) is 15.7. The van der Waals surface area contributed by atoms with Crippen molar-refractivity contribution >= 4 is 22.7 Å². The SMILES string of the molecule is CNC(C)(C#N)c1ccc2oc(-c3ccc(Cl)cc3)nc2c1. The lowest BCUT2D eigenvalue weighted by Crippen LogP contribution is -2.34. The number of benzene rings is 2. The second-order valence-corrected chi connectivity index (χ2v) is 5.63. The lowest BCUT2D eigenvalue weighted by molar-refractivity contribution is 0.518. The van der Waals surface area contributed by atoms with E-state index in [0.717, 1.165) is 16.6 Å². The van der Waals surface area contributed by atoms with Crippen molar-refractivity contribution in [3.8, 4) is 17.5 Å². The number of hydrogen-bond acceptors (Lipinski definition) is 4. The Labute approximate surface area is 133 Å². The molecule has 1 unspecified atom stereocenters. The van der Waals surface area contributed by atoms with Gasteiger partial charge in [-0.25, -0.2) is 4.98 Å². The van der Waals surface area contributed by atoms with E-state index in [1.165, 1.54) is 0 Å². The summed E-state index contributed by atoms with van der Waals surface area (Å²) in [4.78, 5) is 4.51. The summed E-state index contributed by atoms with van der Waals surface area (Å²) in [6.07, 6.45) is 0. The Morgan fingerprint density at radius 3 is 2.59 bits per heavy atom. The van der Waals surface area contributed by atoms with E-state index in [1.54, 1.807) is 19.2 Å². The van der Waals surface area contributed by atoms with Crippen molar-refractivity contribution < 1.29 is 4.42 Å². The Morgan fingerprint density at radius 2 is 1.95 bits per heavy atom. The molecule has 0 bridgehead atoms. The number of nitrogens with zero attached hydrogens (tertiary/aromatic N) is 2. The Bertz CT molecular complexity index is 864. The maximum absolute atomic E-state index is 9.35. The molecule has 5 heteroatoms. The summed E-state index contributed by atoms with van der Waals surface area (Å²) in [5.74, 6) is 0.534. The largest absolute Gasteiger partial charge is 0.436 e. The van der Waals surface area contributed by atoms with Gasteiger partial charge in [0.25, 0.3) is 0 Å². The molecule has 110 valence electrons. The van der Waals surface area contributed by atoms with Crippen molar-refractivity contribution in [1.29, 1.82) is 5.26 Å². The van der Waals surface area contributed by atoms with Crippen molar-refractivity contribution in [3.63, 3.8) is 0 Å². The van der Waals surface area contributed by atoms with Crippen LogP contribution in [0.15, 0.2) is 46.9 Å². The summed E-state index contributed by atoms with van der Waals surface area (Å²) in [5.41, 5.74) is 2.36. The van der Waals surface area contributed by atoms with Crippen LogP contribution < -0.4 is 5.32 Å². The first-order valence-corrected chi connectivity index (χ1v) is 7.21. The molecule has 22 heavy (non-hydrogen) atoms. The van der Waals surface area contributed by atoms with Gasteiger partial charge >= 0.3 is 0 Å². The maximum atomic E-state index is 9.35. The molecular weight excluding hydrogens is 298 g/mol. The first-order chi connectivity index (χ1) is 10.6. The van der Waals surface area contributed by atoms with E-state index < -0.39 is 5.54 Å². The van der Waals surface area contributed by atoms with E-state index >= 15 is 0 Å². The quantitative estimate of drug-likeness (QED) is 0.790. The Kier molecular flexibility index (Phi) is 3.61. The minimum Gasteiger partial charge on any atom is -0.436 e. The molecule has 0 aliphatic rings. The van der Waals surface area contributed by atoms with Gasteiger partial charge in [0, 0.05) is 10.6 Å². The van der Waals surface area contributed by atoms with E-state index in [0.29, 0.717) is 16.5 Å². The Balaban J connectivity index is 2.08. The van der Waals surface area contributed by atoms with Crippen LogP contribution in [-0.2, 0) is 5.54 Å². The number of rotatable bonds is 3. The van der Waals surface area contributed by atoms with Crippen LogP contribution in [0.2, 0.25) is 5.02 Å². The zero-order valence-electron chi connectivity index (χ0n) is 12.2. The Morgan fingerprint density at radius 1 is 1.23 bits per heavy atom. The molecule has 3 aromatic rings. The average molecular weight is 312 g/mol. The van der Waals surface area contributed by atoms with Gasteiger partial charge in [0.2, 0.25) is 5.89 Å². The molecule has 0 aliphatic heterocycles. The molecule has 0 saturated carbocycles. The third kappa shape index (κ3) is 2.45. The molecule has 1 atom stereocenters. The smallest absolute Gasteiger partial charge is 0.227 e. The summed E-state index contributed by atoms with van der Waals surface area (Å²) in [5, 5.41) is 13.0. The molecule has 0 fully saturated rings. The highest BCUT2D eigenvalue weighted by Gasteiger charge is 2.24. The lowest BCUT2D eigenvalue weighted by Gasteiger charge is -2.20. The molecular formula is C17H14ClN3O. The summed E-state index contributed by atoms with van der Waals surface area (Å²) >= 11 is 5.89. The van der Waals surface area contributed by atoms with E-state index in [4.69, 9.17) is 16.0 Å². The van der Waals surface area contributed by atoms with Crippen LogP contribution in [0.4, 0.5) is 0 Å². The van der Waals surface area contributed by atoms with Crippen molar-refractivity contribution in [2.24, 2.45) is 0 Å². The molecule has 1 heterocycles. The van der Waals surface area contributed by atoms with Gasteiger partial charge in [0.05, 0.1) is 6.07 Å². The average Bonchev–Trinajstić information content (AvgIpc) is 2.97. The number of hydrogen-bond donors (Lipinski definition) is 1. The fourth-order valence-corrected chi connectivity index (χ4v) is 2.35. The summed E-state index contributed by atoms with van der Waals surface area (Å²) in [6, 6.07) is 15.2. The van der Waals surface area contributed by atoms with E-state index in [2.05, 4.69) is 16.4 Å². The zero-order valence-corrected chi connectivity index (χ0v) is 13.0. The number of oxazole rings is 1. The second kappa shape index (κ2) is 5.45. The minimum absolute atomic E-state index is 0.534. The highest BCUT2D eigenvalue weighted by molar-refractivity contribution is 6.30. The van der Waals surface area contributed by atoms with Gasteiger partial charge in [-0.15, -0.1) is 0 Å². The monoisotopic (exact) mass is 311 g/mol. The van der Waals surface area contributed by atoms with Gasteiger partial charge in [-0.1, -0.05) is 17.7 Å². The van der Waals surface area contributed by atoms with Gasteiger partial charge in [-0.2, -0.15) is 5.26 Å². The number of halogens is 1. The van der Waals surface area contributed by atoms with Gasteiger partial charge in [0.15, 0.2) is 5.58 Å². The molecule has 0 radical (unpaired) electrons. The summed E-state index contributed by atoms with van der Waals surface area (Å²) < 4.78 is 5.77. The third-order valence-corrected chi connectivity index (χ3v) is 4.03. The summed E-state index contributed by atoms with van der Waals surface area (Å²) in [7, 11) is 1.76. The molecule has 3 rings (SSSR count). The van der Waals surface area contributed by atoms with Gasteiger partial charge < -0.3 is 4.42 Å². The van der Waals surface area contributed by atoms with Crippen LogP contribution in [-0.4, -0.2) is 12.0 Å². The van der Waals surface area contributed by atoms with Gasteiger partial charge in [-0.05, 0) is 55.9 Å². The fraction of sp³-hybridized carbons (Fsp3) is 0.176. The molecule has 1 N–H and O–H groups in total. The van der Waals surface area contributed by atoms with Crippen molar-refractivity contribution in [3.05, 3.63) is 53.1 Å². The van der Waals surface area contributed by atoms with Crippen molar-refractivity contribution in [1.82, 2.24) is 10.3 Å². The van der Waals surface area contributed by atoms with Crippen LogP contribution in [0.25, 0.3) is 22.6 Å². The van der Waals surface area contributed by atoms with Crippen LogP contribution in [0.3, 0.4) is 0 Å². The second-order valence-electron chi connectivity index (χ2n) is 5.20. The standard InChI is InChI=1S/C17H14ClN3O/c1-17(10-19,20-2)12-5-8-15-14(9-12)21-16(22-15)11-3-6-13(18)7-4-11/h3-9,20H,1-2H3. The highest BCUT2D eigenvalue weighted by Crippen LogP contribution is 2.28. The van der Waals surface area contributed by atoms with Crippen LogP contribution >= 0.6 is 11.6 Å². The molecule has 2 aromatic carbocycles. The van der Waals surface area contributed by atoms with Crippen molar-refractivity contribution in [2.75, 3.05) is 7.05 Å². The molecule has 0 amide bonds. The van der Waals surface area contributed by atoms with Gasteiger partial charge in [-0.3, -0.25) is 5.32 Å². The molecule has 1 aromatic heterocycles. The topological polar surface area (TPSA) is 61.9 Å². The molecule has 0 saturated heterocycles. The number of aromatic nitrogens is 1. The molecule has 4 nitrogen and oxygen atoms in total. The number of fused-ring (bicyclic) bond motifs is 1. The normalized spacial score (nSPS) is 13.7. The van der Waals surface area contributed by atoms with Crippen LogP contribution in [0.5, 0.6) is 0 Å². The van der Waals surface area contributed by atoms with E-state index in [9.17, 15) is 5.26 Å². The fourth-order valence-electron chi connectivity index (χ4n) is 2.22. The van der Waals surface area contributed by atoms with Crippen molar-refractivity contribution in [2.45, 2.75) is 12.5 Å². The first kappa shape index (κ1) is 14.6. The molecule has 0 spiro atoms. The number of nitrogens with one attached hydrogen (secondary N) is 1. The first-order valence-electron chi connectivity index (χ1n) is 6.83. The maximum Gasteiger partial charge on any atom is 0.227 e. The van der Waals surface area contributed by atoms with Crippen LogP contribution in [0.1, 0.15) is 12.5 Å². The molecule has 0 aliphatic carbocycles. The van der Waals surface area contributed by atoms with Crippen LogP contribution in [0, 0.1) is 11.3 Å². The predicted octanol–water partition coefficient (Wildman–Crippen LogP) is 4.11. The third-order valence-electron chi connectivity index (χ3n) is 3.78. The lowest BCUT2D eigenvalue weighted by atomic mass is 9.94.